The fourth-order valence-corrected chi connectivity index (χ4v) is 3.42. The number of benzene rings is 2. The minimum absolute atomic E-state index is 0.0974. The third-order valence-corrected chi connectivity index (χ3v) is 5.26. The maximum atomic E-state index is 13.0. The summed E-state index contributed by atoms with van der Waals surface area (Å²) in [5.74, 6) is -2.44. The number of methoxy groups -OCH3 is 1. The molecule has 0 bridgehead atoms. The van der Waals surface area contributed by atoms with Crippen molar-refractivity contribution in [2.24, 2.45) is 5.92 Å². The van der Waals surface area contributed by atoms with Crippen molar-refractivity contribution < 1.29 is 28.7 Å². The smallest absolute Gasteiger partial charge is 0.337 e. The van der Waals surface area contributed by atoms with Gasteiger partial charge in [-0.1, -0.05) is 44.5 Å². The highest BCUT2D eigenvalue weighted by Crippen LogP contribution is 2.29. The first kappa shape index (κ1) is 21.2. The van der Waals surface area contributed by atoms with E-state index in [0.29, 0.717) is 17.5 Å². The summed E-state index contributed by atoms with van der Waals surface area (Å²) in [6.45, 7) is 3.58. The summed E-state index contributed by atoms with van der Waals surface area (Å²) in [5.41, 5.74) is 1.50. The van der Waals surface area contributed by atoms with Crippen molar-refractivity contribution in [1.29, 1.82) is 0 Å². The molecule has 1 aliphatic heterocycles. The van der Waals surface area contributed by atoms with E-state index in [1.807, 2.05) is 6.92 Å². The van der Waals surface area contributed by atoms with Crippen molar-refractivity contribution in [3.05, 3.63) is 70.8 Å². The number of carbonyl (C=O) groups is 4. The molecule has 0 aromatic heterocycles. The molecule has 0 radical (unpaired) electrons. The summed E-state index contributed by atoms with van der Waals surface area (Å²) < 4.78 is 10.1. The molecular formula is C23H23NO6. The third-order valence-electron chi connectivity index (χ3n) is 5.26. The number of hydrogen-bond acceptors (Lipinski definition) is 6. The molecule has 0 spiro atoms. The zero-order chi connectivity index (χ0) is 21.8. The number of imide groups is 1. The van der Waals surface area contributed by atoms with Gasteiger partial charge in [-0.2, -0.15) is 0 Å². The molecule has 2 amide bonds. The summed E-state index contributed by atoms with van der Waals surface area (Å²) in [5, 5.41) is 0. The lowest BCUT2D eigenvalue weighted by Gasteiger charge is -2.29. The minimum Gasteiger partial charge on any atom is -0.465 e. The van der Waals surface area contributed by atoms with Gasteiger partial charge in [-0.05, 0) is 35.7 Å². The summed E-state index contributed by atoms with van der Waals surface area (Å²) in [6.07, 6.45) is 0.574. The second kappa shape index (κ2) is 8.90. The lowest BCUT2D eigenvalue weighted by atomic mass is 9.97. The zero-order valence-corrected chi connectivity index (χ0v) is 17.1. The molecule has 156 valence electrons. The number of rotatable bonds is 7. The van der Waals surface area contributed by atoms with Crippen molar-refractivity contribution in [1.82, 2.24) is 4.90 Å². The Morgan fingerprint density at radius 2 is 1.63 bits per heavy atom. The van der Waals surface area contributed by atoms with Gasteiger partial charge in [-0.25, -0.2) is 9.59 Å². The van der Waals surface area contributed by atoms with Gasteiger partial charge in [0.15, 0.2) is 0 Å². The molecule has 0 N–H and O–H groups in total. The molecule has 2 aromatic rings. The number of amides is 2. The van der Waals surface area contributed by atoms with Crippen LogP contribution in [0.2, 0.25) is 0 Å². The molecule has 0 fully saturated rings. The first-order valence-corrected chi connectivity index (χ1v) is 9.69. The molecule has 0 saturated heterocycles. The Labute approximate surface area is 174 Å². The topological polar surface area (TPSA) is 90.0 Å². The van der Waals surface area contributed by atoms with E-state index in [1.54, 1.807) is 55.5 Å². The first-order valence-electron chi connectivity index (χ1n) is 9.69. The number of esters is 2. The minimum atomic E-state index is -1.04. The van der Waals surface area contributed by atoms with Crippen molar-refractivity contribution in [2.45, 2.75) is 32.9 Å². The second-order valence-electron chi connectivity index (χ2n) is 7.16. The largest absolute Gasteiger partial charge is 0.465 e. The van der Waals surface area contributed by atoms with Crippen LogP contribution in [-0.2, 0) is 20.9 Å². The Hall–Kier alpha value is -3.48. The highest BCUT2D eigenvalue weighted by Gasteiger charge is 2.45. The lowest BCUT2D eigenvalue weighted by Crippen LogP contribution is -2.49. The summed E-state index contributed by atoms with van der Waals surface area (Å²) >= 11 is 0. The van der Waals surface area contributed by atoms with E-state index in [4.69, 9.17) is 9.47 Å². The van der Waals surface area contributed by atoms with Gasteiger partial charge in [-0.15, -0.1) is 0 Å². The predicted molar refractivity (Wildman–Crippen MR) is 108 cm³/mol. The number of hydrogen-bond donors (Lipinski definition) is 0. The van der Waals surface area contributed by atoms with Gasteiger partial charge < -0.3 is 9.47 Å². The van der Waals surface area contributed by atoms with E-state index in [-0.39, 0.29) is 23.7 Å². The molecule has 0 saturated carbocycles. The zero-order valence-electron chi connectivity index (χ0n) is 17.1. The number of ether oxygens (including phenoxy) is 2. The predicted octanol–water partition coefficient (Wildman–Crippen LogP) is 3.23. The van der Waals surface area contributed by atoms with Crippen molar-refractivity contribution in [2.75, 3.05) is 7.11 Å². The fraction of sp³-hybridized carbons (Fsp3) is 0.304. The van der Waals surface area contributed by atoms with Crippen molar-refractivity contribution >= 4 is 23.8 Å². The van der Waals surface area contributed by atoms with Crippen LogP contribution < -0.4 is 0 Å². The van der Waals surface area contributed by atoms with Gasteiger partial charge >= 0.3 is 11.9 Å². The van der Waals surface area contributed by atoms with Gasteiger partial charge in [0.25, 0.3) is 11.8 Å². The quantitative estimate of drug-likeness (QED) is 0.515. The van der Waals surface area contributed by atoms with Crippen LogP contribution >= 0.6 is 0 Å². The van der Waals surface area contributed by atoms with Crippen LogP contribution in [0.5, 0.6) is 0 Å². The average molecular weight is 409 g/mol. The monoisotopic (exact) mass is 409 g/mol. The Bertz CT molecular complexity index is 964. The molecule has 2 atom stereocenters. The molecule has 1 heterocycles. The summed E-state index contributed by atoms with van der Waals surface area (Å²) in [4.78, 5) is 51.3. The van der Waals surface area contributed by atoms with Crippen LogP contribution in [0.15, 0.2) is 48.5 Å². The standard InChI is InChI=1S/C23H23NO6/c1-4-14(2)19(24-20(25)17-10-5-6-11-18(17)21(24)26)23(28)30-13-15-8-7-9-16(12-15)22(27)29-3/h5-12,14,19H,4,13H2,1-3H3/t14-,19-/m0/s1. The average Bonchev–Trinajstić information content (AvgIpc) is 3.02. The van der Waals surface area contributed by atoms with Crippen LogP contribution in [0, 0.1) is 5.92 Å². The third kappa shape index (κ3) is 3.96. The molecule has 7 nitrogen and oxygen atoms in total. The number of fused-ring (bicyclic) bond motifs is 1. The van der Waals surface area contributed by atoms with E-state index in [9.17, 15) is 19.2 Å². The van der Waals surface area contributed by atoms with Crippen LogP contribution in [0.3, 0.4) is 0 Å². The normalized spacial score (nSPS) is 14.8. The van der Waals surface area contributed by atoms with Crippen LogP contribution in [-0.4, -0.2) is 41.8 Å². The van der Waals surface area contributed by atoms with E-state index in [1.165, 1.54) is 7.11 Å². The van der Waals surface area contributed by atoms with E-state index >= 15 is 0 Å². The molecular weight excluding hydrogens is 386 g/mol. The molecule has 2 aromatic carbocycles. The molecule has 3 rings (SSSR count). The molecule has 7 heteroatoms. The maximum Gasteiger partial charge on any atom is 0.337 e. The summed E-state index contributed by atoms with van der Waals surface area (Å²) in [7, 11) is 1.29. The molecule has 30 heavy (non-hydrogen) atoms. The van der Waals surface area contributed by atoms with Gasteiger partial charge in [0.1, 0.15) is 12.6 Å². The Morgan fingerprint density at radius 3 is 2.20 bits per heavy atom. The summed E-state index contributed by atoms with van der Waals surface area (Å²) in [6, 6.07) is 12.0. The van der Waals surface area contributed by atoms with Gasteiger partial charge in [0.2, 0.25) is 0 Å². The van der Waals surface area contributed by atoms with Crippen molar-refractivity contribution in [3.63, 3.8) is 0 Å². The maximum absolute atomic E-state index is 13.0. The van der Waals surface area contributed by atoms with Gasteiger partial charge in [-0.3, -0.25) is 14.5 Å². The van der Waals surface area contributed by atoms with Crippen molar-refractivity contribution in [3.8, 4) is 0 Å². The van der Waals surface area contributed by atoms with E-state index in [0.717, 1.165) is 4.90 Å². The first-order chi connectivity index (χ1) is 14.4. The van der Waals surface area contributed by atoms with Crippen LogP contribution in [0.1, 0.15) is 56.9 Å². The van der Waals surface area contributed by atoms with E-state index in [2.05, 4.69) is 0 Å². The Balaban J connectivity index is 1.80. The van der Waals surface area contributed by atoms with Crippen LogP contribution in [0.4, 0.5) is 0 Å². The molecule has 0 aliphatic carbocycles. The molecule has 1 aliphatic rings. The Morgan fingerprint density at radius 1 is 1.00 bits per heavy atom. The highest BCUT2D eigenvalue weighted by molar-refractivity contribution is 6.22. The van der Waals surface area contributed by atoms with Gasteiger partial charge in [0, 0.05) is 0 Å². The van der Waals surface area contributed by atoms with E-state index < -0.39 is 29.8 Å². The fourth-order valence-electron chi connectivity index (χ4n) is 3.42. The SMILES string of the molecule is CC[C@H](C)[C@@H](C(=O)OCc1cccc(C(=O)OC)c1)N1C(=O)c2ccccc2C1=O. The highest BCUT2D eigenvalue weighted by atomic mass is 16.5. The Kier molecular flexibility index (Phi) is 6.30. The second-order valence-corrected chi connectivity index (χ2v) is 7.16. The molecule has 0 unspecified atom stereocenters. The lowest BCUT2D eigenvalue weighted by molar-refractivity contribution is -0.151. The van der Waals surface area contributed by atoms with Crippen LogP contribution in [0.25, 0.3) is 0 Å². The van der Waals surface area contributed by atoms with Gasteiger partial charge in [0.05, 0.1) is 23.8 Å². The number of nitrogens with zero attached hydrogens (tertiary/aromatic N) is 1. The number of carbonyl (C=O) groups excluding carboxylic acids is 4.